The van der Waals surface area contributed by atoms with Crippen LogP contribution in [0.4, 0.5) is 0 Å². The van der Waals surface area contributed by atoms with E-state index in [-0.39, 0.29) is 19.4 Å². The van der Waals surface area contributed by atoms with Gasteiger partial charge in [-0.25, -0.2) is 4.79 Å². The molecule has 6 nitrogen and oxygen atoms in total. The van der Waals surface area contributed by atoms with Crippen molar-refractivity contribution < 1.29 is 9.90 Å². The summed E-state index contributed by atoms with van der Waals surface area (Å²) in [6.45, 7) is 0.0462. The molecule has 1 N–H and O–H groups in total. The van der Waals surface area contributed by atoms with Crippen molar-refractivity contribution in [3.8, 4) is 0 Å². The molecule has 0 aliphatic rings. The van der Waals surface area contributed by atoms with Crippen LogP contribution in [0.25, 0.3) is 10.9 Å². The summed E-state index contributed by atoms with van der Waals surface area (Å²) in [5, 5.41) is 10.7. The third-order valence-electron chi connectivity index (χ3n) is 2.71. The van der Waals surface area contributed by atoms with Gasteiger partial charge in [-0.15, -0.1) is 0 Å². The molecule has 0 spiro atoms. The third-order valence-corrected chi connectivity index (χ3v) is 3.20. The highest BCUT2D eigenvalue weighted by Gasteiger charge is 2.07. The molecule has 1 aromatic carbocycles. The topological polar surface area (TPSA) is 95.0 Å². The number of benzene rings is 1. The van der Waals surface area contributed by atoms with Gasteiger partial charge in [-0.2, -0.15) is 0 Å². The number of aromatic nitrogens is 2. The van der Waals surface area contributed by atoms with Crippen LogP contribution in [0.3, 0.4) is 0 Å². The van der Waals surface area contributed by atoms with Gasteiger partial charge in [0.15, 0.2) is 0 Å². The number of nitrogens with one attached hydrogen (secondary N) is 1. The van der Waals surface area contributed by atoms with Gasteiger partial charge in [0.2, 0.25) is 0 Å². The fraction of sp³-hybridized carbons (Fsp3) is 0.250. The van der Waals surface area contributed by atoms with Gasteiger partial charge in [-0.3, -0.25) is 9.36 Å². The Morgan fingerprint density at radius 1 is 1.37 bits per heavy atom. The molecule has 0 amide bonds. The van der Waals surface area contributed by atoms with Crippen molar-refractivity contribution in [2.24, 2.45) is 0 Å². The van der Waals surface area contributed by atoms with Gasteiger partial charge < -0.3 is 14.9 Å². The third kappa shape index (κ3) is 2.93. The van der Waals surface area contributed by atoms with Crippen molar-refractivity contribution >= 4 is 32.8 Å². The summed E-state index contributed by atoms with van der Waals surface area (Å²) in [6, 6.07) is 4.97. The summed E-state index contributed by atoms with van der Waals surface area (Å²) < 4.78 is 1.72. The number of hydrogen-bond acceptors (Lipinski definition) is 4. The highest BCUT2D eigenvalue weighted by Crippen LogP contribution is 2.14. The summed E-state index contributed by atoms with van der Waals surface area (Å²) in [4.78, 5) is 36.8. The molecule has 0 radical (unpaired) electrons. The highest BCUT2D eigenvalue weighted by molar-refractivity contribution is 9.10. The average Bonchev–Trinajstić information content (AvgIpc) is 2.34. The van der Waals surface area contributed by atoms with Crippen LogP contribution < -0.4 is 16.4 Å². The standard InChI is InChI=1S/C12H11BrN2O4/c13-7-3-4-9-8(6-7)11(18)15(12(19)14-9)5-1-2-10(16)17/h3-4,6H,1-2,5H2,(H,14,19)(H,16,17)/p-1. The first-order valence-corrected chi connectivity index (χ1v) is 6.40. The Morgan fingerprint density at radius 2 is 2.11 bits per heavy atom. The van der Waals surface area contributed by atoms with Gasteiger partial charge in [-0.1, -0.05) is 15.9 Å². The Hall–Kier alpha value is -1.89. The van der Waals surface area contributed by atoms with E-state index in [1.807, 2.05) is 0 Å². The molecule has 2 rings (SSSR count). The van der Waals surface area contributed by atoms with Crippen molar-refractivity contribution in [2.45, 2.75) is 19.4 Å². The monoisotopic (exact) mass is 325 g/mol. The Morgan fingerprint density at radius 3 is 2.79 bits per heavy atom. The first-order valence-electron chi connectivity index (χ1n) is 5.61. The van der Waals surface area contributed by atoms with Crippen LogP contribution in [0, 0.1) is 0 Å². The molecule has 19 heavy (non-hydrogen) atoms. The van der Waals surface area contributed by atoms with Crippen LogP contribution in [0.2, 0.25) is 0 Å². The second-order valence-electron chi connectivity index (χ2n) is 4.05. The molecule has 0 aliphatic carbocycles. The molecule has 1 heterocycles. The van der Waals surface area contributed by atoms with Gasteiger partial charge >= 0.3 is 5.69 Å². The number of aromatic amines is 1. The number of carbonyl (C=O) groups is 1. The van der Waals surface area contributed by atoms with Crippen LogP contribution >= 0.6 is 15.9 Å². The predicted molar refractivity (Wildman–Crippen MR) is 70.8 cm³/mol. The Labute approximate surface area is 115 Å². The lowest BCUT2D eigenvalue weighted by Gasteiger charge is -2.07. The van der Waals surface area contributed by atoms with E-state index in [9.17, 15) is 19.5 Å². The van der Waals surface area contributed by atoms with E-state index in [0.717, 1.165) is 9.04 Å². The predicted octanol–water partition coefficient (Wildman–Crippen LogP) is -0.0176. The maximum absolute atomic E-state index is 12.1. The Bertz CT molecular complexity index is 747. The summed E-state index contributed by atoms with van der Waals surface area (Å²) in [5.74, 6) is -1.20. The summed E-state index contributed by atoms with van der Waals surface area (Å²) >= 11 is 3.26. The molecule has 2 aromatic rings. The van der Waals surface area contributed by atoms with Crippen molar-refractivity contribution in [1.82, 2.24) is 9.55 Å². The smallest absolute Gasteiger partial charge is 0.328 e. The minimum absolute atomic E-state index is 0.0462. The van der Waals surface area contributed by atoms with E-state index >= 15 is 0 Å². The van der Waals surface area contributed by atoms with Crippen LogP contribution in [0.15, 0.2) is 32.3 Å². The molecular formula is C12H10BrN2O4-. The molecule has 0 fully saturated rings. The molecule has 1 aromatic heterocycles. The van der Waals surface area contributed by atoms with Crippen LogP contribution in [0.1, 0.15) is 12.8 Å². The number of aliphatic carboxylic acids is 1. The van der Waals surface area contributed by atoms with E-state index < -0.39 is 17.2 Å². The number of halogens is 1. The minimum atomic E-state index is -1.20. The first kappa shape index (κ1) is 13.5. The maximum Gasteiger partial charge on any atom is 0.328 e. The molecule has 0 aliphatic heterocycles. The average molecular weight is 326 g/mol. The van der Waals surface area contributed by atoms with Gasteiger partial charge in [0.1, 0.15) is 0 Å². The van der Waals surface area contributed by atoms with E-state index in [1.165, 1.54) is 0 Å². The molecule has 100 valence electrons. The van der Waals surface area contributed by atoms with Crippen molar-refractivity contribution in [2.75, 3.05) is 0 Å². The van der Waals surface area contributed by atoms with Gasteiger partial charge in [0.25, 0.3) is 5.56 Å². The fourth-order valence-corrected chi connectivity index (χ4v) is 2.17. The molecule has 7 heteroatoms. The summed E-state index contributed by atoms with van der Waals surface area (Å²) in [7, 11) is 0. The lowest BCUT2D eigenvalue weighted by Crippen LogP contribution is -2.35. The number of H-pyrrole nitrogens is 1. The molecule has 0 saturated carbocycles. The number of nitrogens with zero attached hydrogens (tertiary/aromatic N) is 1. The maximum atomic E-state index is 12.1. The number of rotatable bonds is 4. The van der Waals surface area contributed by atoms with Gasteiger partial charge in [0, 0.05) is 17.0 Å². The lowest BCUT2D eigenvalue weighted by molar-refractivity contribution is -0.305. The van der Waals surface area contributed by atoms with E-state index in [1.54, 1.807) is 18.2 Å². The second kappa shape index (κ2) is 5.40. The SMILES string of the molecule is O=C([O-])CCCn1c(=O)[nH]c2ccc(Br)cc2c1=O. The normalized spacial score (nSPS) is 10.8. The lowest BCUT2D eigenvalue weighted by atomic mass is 10.2. The second-order valence-corrected chi connectivity index (χ2v) is 4.97. The van der Waals surface area contributed by atoms with Crippen molar-refractivity contribution in [3.63, 3.8) is 0 Å². The van der Waals surface area contributed by atoms with Crippen LogP contribution in [-0.4, -0.2) is 15.5 Å². The van der Waals surface area contributed by atoms with Crippen LogP contribution in [0.5, 0.6) is 0 Å². The highest BCUT2D eigenvalue weighted by atomic mass is 79.9. The Balaban J connectivity index is 2.46. The van der Waals surface area contributed by atoms with Crippen molar-refractivity contribution in [3.05, 3.63) is 43.5 Å². The number of fused-ring (bicyclic) bond motifs is 1. The number of carbonyl (C=O) groups excluding carboxylic acids is 1. The minimum Gasteiger partial charge on any atom is -0.550 e. The quantitative estimate of drug-likeness (QED) is 0.854. The molecule has 0 saturated heterocycles. The zero-order valence-corrected chi connectivity index (χ0v) is 11.4. The number of hydrogen-bond donors (Lipinski definition) is 1. The summed E-state index contributed by atoms with van der Waals surface area (Å²) in [5.41, 5.74) is -0.522. The Kier molecular flexibility index (Phi) is 3.84. The number of carboxylic acid groups (broad SMARTS) is 1. The van der Waals surface area contributed by atoms with E-state index in [4.69, 9.17) is 0 Å². The van der Waals surface area contributed by atoms with Crippen LogP contribution in [-0.2, 0) is 11.3 Å². The zero-order chi connectivity index (χ0) is 14.0. The molecular weight excluding hydrogens is 316 g/mol. The molecule has 0 atom stereocenters. The zero-order valence-electron chi connectivity index (χ0n) is 9.81. The van der Waals surface area contributed by atoms with E-state index in [2.05, 4.69) is 20.9 Å². The first-order chi connectivity index (χ1) is 8.99. The van der Waals surface area contributed by atoms with Gasteiger partial charge in [-0.05, 0) is 31.0 Å². The molecule has 0 bridgehead atoms. The summed E-state index contributed by atoms with van der Waals surface area (Å²) in [6.07, 6.45) is -0.0206. The fourth-order valence-electron chi connectivity index (χ4n) is 1.81. The number of carboxylic acids is 1. The van der Waals surface area contributed by atoms with Crippen molar-refractivity contribution in [1.29, 1.82) is 0 Å². The van der Waals surface area contributed by atoms with E-state index in [0.29, 0.717) is 10.9 Å². The molecule has 0 unspecified atom stereocenters. The largest absolute Gasteiger partial charge is 0.550 e. The van der Waals surface area contributed by atoms with Gasteiger partial charge in [0.05, 0.1) is 10.9 Å².